The van der Waals surface area contributed by atoms with E-state index >= 15 is 0 Å². The number of carbonyl (C=O) groups is 1. The zero-order valence-corrected chi connectivity index (χ0v) is 16.0. The van der Waals surface area contributed by atoms with Crippen LogP contribution >= 0.6 is 11.6 Å². The molecular weight excluding hydrogens is 427 g/mol. The molecule has 1 aromatic heterocycles. The standard InChI is InChI=1S/C19H15ClF3N3O4/c20-14-5-6-15(29-16(27)7-8-24)12(9-14)10-26-18(28)30-17(25-26)11-1-3-13(4-2-11)19(21,22)23/h1-6,9H,7-8,10,24H2. The number of aromatic nitrogens is 2. The van der Waals surface area contributed by atoms with Gasteiger partial charge in [-0.25, -0.2) is 4.79 Å². The lowest BCUT2D eigenvalue weighted by molar-refractivity contribution is -0.137. The quantitative estimate of drug-likeness (QED) is 0.464. The second kappa shape index (κ2) is 8.72. The number of nitrogens with two attached hydrogens (primary N) is 1. The van der Waals surface area contributed by atoms with E-state index in [2.05, 4.69) is 5.10 Å². The van der Waals surface area contributed by atoms with E-state index in [1.54, 1.807) is 0 Å². The summed E-state index contributed by atoms with van der Waals surface area (Å²) in [4.78, 5) is 23.9. The molecule has 0 aliphatic rings. The van der Waals surface area contributed by atoms with E-state index in [-0.39, 0.29) is 36.7 Å². The Morgan fingerprint density at radius 1 is 1.20 bits per heavy atom. The predicted molar refractivity (Wildman–Crippen MR) is 101 cm³/mol. The smallest absolute Gasteiger partial charge is 0.426 e. The van der Waals surface area contributed by atoms with E-state index in [0.29, 0.717) is 10.6 Å². The van der Waals surface area contributed by atoms with Crippen LogP contribution in [-0.4, -0.2) is 22.3 Å². The first-order valence-electron chi connectivity index (χ1n) is 8.62. The van der Waals surface area contributed by atoms with Gasteiger partial charge >= 0.3 is 17.9 Å². The Kier molecular flexibility index (Phi) is 6.28. The van der Waals surface area contributed by atoms with E-state index in [1.165, 1.54) is 18.2 Å². The van der Waals surface area contributed by atoms with Crippen molar-refractivity contribution in [2.75, 3.05) is 6.54 Å². The molecule has 0 bridgehead atoms. The molecule has 30 heavy (non-hydrogen) atoms. The Hall–Kier alpha value is -3.11. The lowest BCUT2D eigenvalue weighted by atomic mass is 10.1. The maximum Gasteiger partial charge on any atom is 0.437 e. The first-order valence-corrected chi connectivity index (χ1v) is 9.00. The zero-order valence-electron chi connectivity index (χ0n) is 15.3. The monoisotopic (exact) mass is 441 g/mol. The van der Waals surface area contributed by atoms with Crippen molar-refractivity contribution in [3.63, 3.8) is 0 Å². The molecule has 0 atom stereocenters. The Morgan fingerprint density at radius 2 is 1.90 bits per heavy atom. The Balaban J connectivity index is 1.87. The second-order valence-electron chi connectivity index (χ2n) is 6.17. The minimum Gasteiger partial charge on any atom is -0.426 e. The summed E-state index contributed by atoms with van der Waals surface area (Å²) in [6.07, 6.45) is -4.48. The van der Waals surface area contributed by atoms with Crippen molar-refractivity contribution in [3.05, 3.63) is 69.2 Å². The van der Waals surface area contributed by atoms with Crippen molar-refractivity contribution < 1.29 is 27.1 Å². The summed E-state index contributed by atoms with van der Waals surface area (Å²) in [6, 6.07) is 8.49. The maximum atomic E-state index is 12.7. The Morgan fingerprint density at radius 3 is 2.53 bits per heavy atom. The second-order valence-corrected chi connectivity index (χ2v) is 6.61. The number of alkyl halides is 3. The van der Waals surface area contributed by atoms with Crippen LogP contribution in [0.25, 0.3) is 11.5 Å². The minimum absolute atomic E-state index is 0.00401. The van der Waals surface area contributed by atoms with Gasteiger partial charge in [-0.05, 0) is 42.5 Å². The molecule has 0 aliphatic heterocycles. The van der Waals surface area contributed by atoms with Crippen LogP contribution in [-0.2, 0) is 17.5 Å². The van der Waals surface area contributed by atoms with Crippen LogP contribution in [0.4, 0.5) is 13.2 Å². The first kappa shape index (κ1) is 21.6. The third kappa shape index (κ3) is 5.08. The summed E-state index contributed by atoms with van der Waals surface area (Å²) in [6.45, 7) is -0.0320. The molecule has 7 nitrogen and oxygen atoms in total. The maximum absolute atomic E-state index is 12.7. The zero-order chi connectivity index (χ0) is 21.9. The highest BCUT2D eigenvalue weighted by Gasteiger charge is 2.30. The Labute approximate surface area is 172 Å². The molecule has 2 N–H and O–H groups in total. The number of nitrogens with zero attached hydrogens (tertiary/aromatic N) is 2. The van der Waals surface area contributed by atoms with E-state index in [9.17, 15) is 22.8 Å². The Bertz CT molecular complexity index is 1110. The molecule has 11 heteroatoms. The van der Waals surface area contributed by atoms with Crippen molar-refractivity contribution >= 4 is 17.6 Å². The molecule has 3 aromatic rings. The normalized spacial score (nSPS) is 11.5. The van der Waals surface area contributed by atoms with Gasteiger partial charge in [0.25, 0.3) is 0 Å². The number of benzene rings is 2. The van der Waals surface area contributed by atoms with E-state index < -0.39 is 23.5 Å². The average molecular weight is 442 g/mol. The molecule has 0 fully saturated rings. The summed E-state index contributed by atoms with van der Waals surface area (Å²) in [5.41, 5.74) is 5.06. The van der Waals surface area contributed by atoms with Gasteiger partial charge in [-0.2, -0.15) is 17.9 Å². The summed E-state index contributed by atoms with van der Waals surface area (Å²) >= 11 is 5.99. The van der Waals surface area contributed by atoms with Gasteiger partial charge in [-0.15, -0.1) is 5.10 Å². The number of halogens is 4. The number of hydrogen-bond donors (Lipinski definition) is 1. The molecule has 0 spiro atoms. The average Bonchev–Trinajstić information content (AvgIpc) is 3.04. The fraction of sp³-hybridized carbons (Fsp3) is 0.211. The topological polar surface area (TPSA) is 100 Å². The van der Waals surface area contributed by atoms with Crippen molar-refractivity contribution in [3.8, 4) is 17.2 Å². The minimum atomic E-state index is -4.48. The van der Waals surface area contributed by atoms with Gasteiger partial charge in [0.2, 0.25) is 5.89 Å². The van der Waals surface area contributed by atoms with Crippen molar-refractivity contribution in [1.82, 2.24) is 9.78 Å². The molecule has 3 rings (SSSR count). The SMILES string of the molecule is NCCC(=O)Oc1ccc(Cl)cc1Cn1nc(-c2ccc(C(F)(F)F)cc2)oc1=O. The largest absolute Gasteiger partial charge is 0.437 e. The highest BCUT2D eigenvalue weighted by atomic mass is 35.5. The van der Waals surface area contributed by atoms with Gasteiger partial charge in [-0.3, -0.25) is 4.79 Å². The van der Waals surface area contributed by atoms with Crippen LogP contribution in [0.2, 0.25) is 5.02 Å². The van der Waals surface area contributed by atoms with Gasteiger partial charge in [0.05, 0.1) is 18.5 Å². The van der Waals surface area contributed by atoms with Crippen LogP contribution in [0.1, 0.15) is 17.5 Å². The molecule has 158 valence electrons. The summed E-state index contributed by atoms with van der Waals surface area (Å²) in [5.74, 6) is -1.38. The first-order chi connectivity index (χ1) is 14.2. The van der Waals surface area contributed by atoms with E-state index in [4.69, 9.17) is 26.5 Å². The molecular formula is C19H15ClF3N3O4. The highest BCUT2D eigenvalue weighted by molar-refractivity contribution is 6.30. The van der Waals surface area contributed by atoms with E-state index in [1.807, 2.05) is 0 Å². The number of hydrogen-bond acceptors (Lipinski definition) is 6. The van der Waals surface area contributed by atoms with Crippen molar-refractivity contribution in [1.29, 1.82) is 0 Å². The lowest BCUT2D eigenvalue weighted by Crippen LogP contribution is -2.18. The molecule has 0 amide bonds. The third-order valence-corrected chi connectivity index (χ3v) is 4.22. The van der Waals surface area contributed by atoms with Crippen LogP contribution in [0.15, 0.2) is 51.7 Å². The molecule has 0 saturated heterocycles. The number of rotatable bonds is 6. The van der Waals surface area contributed by atoms with Crippen molar-refractivity contribution in [2.45, 2.75) is 19.1 Å². The van der Waals surface area contributed by atoms with E-state index in [0.717, 1.165) is 28.9 Å². The van der Waals surface area contributed by atoms with Crippen LogP contribution < -0.4 is 16.2 Å². The van der Waals surface area contributed by atoms with Crippen LogP contribution in [0, 0.1) is 0 Å². The number of carbonyl (C=O) groups excluding carboxylic acids is 1. The molecule has 2 aromatic carbocycles. The van der Waals surface area contributed by atoms with Gasteiger partial charge in [0, 0.05) is 22.7 Å². The fourth-order valence-corrected chi connectivity index (χ4v) is 2.74. The number of esters is 1. The van der Waals surface area contributed by atoms with Crippen molar-refractivity contribution in [2.24, 2.45) is 5.73 Å². The van der Waals surface area contributed by atoms with Gasteiger partial charge in [0.15, 0.2) is 0 Å². The summed E-state index contributed by atoms with van der Waals surface area (Å²) in [5, 5.41) is 4.34. The summed E-state index contributed by atoms with van der Waals surface area (Å²) < 4.78 is 49.3. The molecule has 0 aliphatic carbocycles. The predicted octanol–water partition coefficient (Wildman–Crippen LogP) is 3.48. The molecule has 0 unspecified atom stereocenters. The van der Waals surface area contributed by atoms with Crippen LogP contribution in [0.3, 0.4) is 0 Å². The highest BCUT2D eigenvalue weighted by Crippen LogP contribution is 2.30. The van der Waals surface area contributed by atoms with Gasteiger partial charge in [-0.1, -0.05) is 11.6 Å². The molecule has 0 saturated carbocycles. The van der Waals surface area contributed by atoms with Gasteiger partial charge in [0.1, 0.15) is 5.75 Å². The van der Waals surface area contributed by atoms with Gasteiger partial charge < -0.3 is 14.9 Å². The fourth-order valence-electron chi connectivity index (χ4n) is 2.55. The lowest BCUT2D eigenvalue weighted by Gasteiger charge is -2.10. The summed E-state index contributed by atoms with van der Waals surface area (Å²) in [7, 11) is 0. The van der Waals surface area contributed by atoms with Crippen LogP contribution in [0.5, 0.6) is 5.75 Å². The third-order valence-electron chi connectivity index (χ3n) is 3.98. The number of ether oxygens (including phenoxy) is 1. The molecule has 0 radical (unpaired) electrons. The molecule has 1 heterocycles.